The van der Waals surface area contributed by atoms with Crippen molar-refractivity contribution < 1.29 is 14.2 Å². The quantitative estimate of drug-likeness (QED) is 0.907. The monoisotopic (exact) mass is 301 g/mol. The van der Waals surface area contributed by atoms with Crippen LogP contribution in [0.4, 0.5) is 4.39 Å². The second kappa shape index (κ2) is 7.36. The van der Waals surface area contributed by atoms with Gasteiger partial charge in [-0.2, -0.15) is 0 Å². The molecule has 0 amide bonds. The van der Waals surface area contributed by atoms with E-state index in [1.165, 1.54) is 12.1 Å². The average Bonchev–Trinajstić information content (AvgIpc) is 2.43. The summed E-state index contributed by atoms with van der Waals surface area (Å²) in [7, 11) is 0. The molecule has 0 saturated carbocycles. The van der Waals surface area contributed by atoms with Crippen LogP contribution in [0.3, 0.4) is 0 Å². The molecule has 5 heteroatoms. The molecule has 1 aliphatic heterocycles. The van der Waals surface area contributed by atoms with Gasteiger partial charge in [-0.15, -0.1) is 0 Å². The van der Waals surface area contributed by atoms with Gasteiger partial charge in [0.15, 0.2) is 0 Å². The number of benzene rings is 1. The molecular formula is C15H21ClFNO2. The number of rotatable bonds is 5. The molecule has 1 aromatic rings. The van der Waals surface area contributed by atoms with Gasteiger partial charge in [-0.3, -0.25) is 4.90 Å². The summed E-state index contributed by atoms with van der Waals surface area (Å²) in [5, 5.41) is 10.4. The van der Waals surface area contributed by atoms with Crippen LogP contribution in [0.2, 0.25) is 5.02 Å². The zero-order valence-corrected chi connectivity index (χ0v) is 12.4. The second-order valence-corrected chi connectivity index (χ2v) is 5.64. The smallest absolute Gasteiger partial charge is 0.142 e. The predicted octanol–water partition coefficient (Wildman–Crippen LogP) is 2.49. The zero-order valence-electron chi connectivity index (χ0n) is 11.7. The highest BCUT2D eigenvalue weighted by Crippen LogP contribution is 2.18. The number of nitrogens with zero attached hydrogens (tertiary/aromatic N) is 1. The van der Waals surface area contributed by atoms with Crippen LogP contribution in [0.5, 0.6) is 0 Å². The van der Waals surface area contributed by atoms with Crippen molar-refractivity contribution >= 4 is 11.6 Å². The lowest BCUT2D eigenvalue weighted by atomic mass is 10.0. The molecule has 2 rings (SSSR count). The summed E-state index contributed by atoms with van der Waals surface area (Å²) in [6.45, 7) is 5.42. The third kappa shape index (κ3) is 4.16. The topological polar surface area (TPSA) is 32.7 Å². The van der Waals surface area contributed by atoms with E-state index in [1.54, 1.807) is 6.07 Å². The van der Waals surface area contributed by atoms with Crippen LogP contribution in [0.1, 0.15) is 18.9 Å². The van der Waals surface area contributed by atoms with Gasteiger partial charge in [-0.1, -0.05) is 24.6 Å². The summed E-state index contributed by atoms with van der Waals surface area (Å²) in [6, 6.07) is 4.63. The lowest BCUT2D eigenvalue weighted by Gasteiger charge is -2.35. The summed E-state index contributed by atoms with van der Waals surface area (Å²) in [5.41, 5.74) is 0.732. The Labute approximate surface area is 124 Å². The summed E-state index contributed by atoms with van der Waals surface area (Å²) < 4.78 is 19.0. The summed E-state index contributed by atoms with van der Waals surface area (Å²) in [6.07, 6.45) is 0.619. The first-order valence-corrected chi connectivity index (χ1v) is 7.44. The first-order chi connectivity index (χ1) is 9.60. The van der Waals surface area contributed by atoms with E-state index in [0.29, 0.717) is 13.0 Å². The lowest BCUT2D eigenvalue weighted by molar-refractivity contribution is -0.0877. The minimum atomic E-state index is -0.629. The third-order valence-corrected chi connectivity index (χ3v) is 3.88. The SMILES string of the molecule is CCCN1CCOC(C(O)Cc2ccc(Cl)c(F)c2)C1. The molecule has 1 aromatic carbocycles. The lowest BCUT2D eigenvalue weighted by Crippen LogP contribution is -2.48. The highest BCUT2D eigenvalue weighted by molar-refractivity contribution is 6.30. The van der Waals surface area contributed by atoms with Gasteiger partial charge in [0.05, 0.1) is 23.8 Å². The summed E-state index contributed by atoms with van der Waals surface area (Å²) in [5.74, 6) is -0.450. The molecule has 1 saturated heterocycles. The van der Waals surface area contributed by atoms with E-state index in [9.17, 15) is 9.50 Å². The third-order valence-electron chi connectivity index (χ3n) is 3.58. The highest BCUT2D eigenvalue weighted by atomic mass is 35.5. The molecule has 1 aliphatic rings. The molecule has 3 nitrogen and oxygen atoms in total. The van der Waals surface area contributed by atoms with Crippen molar-refractivity contribution in [1.29, 1.82) is 0 Å². The van der Waals surface area contributed by atoms with Crippen LogP contribution in [0, 0.1) is 5.82 Å². The molecule has 0 aliphatic carbocycles. The van der Waals surface area contributed by atoms with E-state index in [0.717, 1.165) is 31.6 Å². The fourth-order valence-electron chi connectivity index (χ4n) is 2.52. The molecule has 1 N–H and O–H groups in total. The number of aliphatic hydroxyl groups is 1. The first kappa shape index (κ1) is 15.7. The molecule has 0 spiro atoms. The van der Waals surface area contributed by atoms with Gasteiger partial charge in [-0.05, 0) is 30.7 Å². The summed E-state index contributed by atoms with van der Waals surface area (Å²) >= 11 is 5.65. The molecule has 20 heavy (non-hydrogen) atoms. The van der Waals surface area contributed by atoms with E-state index < -0.39 is 11.9 Å². The Morgan fingerprint density at radius 1 is 1.55 bits per heavy atom. The molecule has 2 atom stereocenters. The van der Waals surface area contributed by atoms with Gasteiger partial charge in [0.2, 0.25) is 0 Å². The molecule has 2 unspecified atom stereocenters. The Morgan fingerprint density at radius 3 is 3.05 bits per heavy atom. The maximum atomic E-state index is 13.4. The van der Waals surface area contributed by atoms with Crippen LogP contribution in [0.15, 0.2) is 18.2 Å². The average molecular weight is 302 g/mol. The Kier molecular flexibility index (Phi) is 5.78. The van der Waals surface area contributed by atoms with Crippen molar-refractivity contribution in [2.45, 2.75) is 32.0 Å². The van der Waals surface area contributed by atoms with E-state index in [2.05, 4.69) is 11.8 Å². The van der Waals surface area contributed by atoms with Crippen molar-refractivity contribution in [3.8, 4) is 0 Å². The maximum absolute atomic E-state index is 13.4. The Morgan fingerprint density at radius 2 is 2.35 bits per heavy atom. The minimum absolute atomic E-state index is 0.103. The fourth-order valence-corrected chi connectivity index (χ4v) is 2.64. The normalized spacial score (nSPS) is 21.9. The Balaban J connectivity index is 1.93. The second-order valence-electron chi connectivity index (χ2n) is 5.23. The predicted molar refractivity (Wildman–Crippen MR) is 77.6 cm³/mol. The van der Waals surface area contributed by atoms with Crippen LogP contribution >= 0.6 is 11.6 Å². The number of hydrogen-bond acceptors (Lipinski definition) is 3. The number of ether oxygens (including phenoxy) is 1. The van der Waals surface area contributed by atoms with Gasteiger partial charge >= 0.3 is 0 Å². The van der Waals surface area contributed by atoms with Gasteiger partial charge in [-0.25, -0.2) is 4.39 Å². The van der Waals surface area contributed by atoms with Crippen LogP contribution in [-0.4, -0.2) is 48.5 Å². The molecule has 112 valence electrons. The highest BCUT2D eigenvalue weighted by Gasteiger charge is 2.26. The Hall–Kier alpha value is -0.680. The van der Waals surface area contributed by atoms with Crippen LogP contribution < -0.4 is 0 Å². The van der Waals surface area contributed by atoms with Crippen molar-refractivity contribution in [3.05, 3.63) is 34.6 Å². The largest absolute Gasteiger partial charge is 0.390 e. The fraction of sp³-hybridized carbons (Fsp3) is 0.600. The molecule has 0 aromatic heterocycles. The van der Waals surface area contributed by atoms with Crippen LogP contribution in [-0.2, 0) is 11.2 Å². The zero-order chi connectivity index (χ0) is 14.5. The first-order valence-electron chi connectivity index (χ1n) is 7.06. The molecule has 1 heterocycles. The number of halogens is 2. The standard InChI is InChI=1S/C15H21ClFNO2/c1-2-5-18-6-7-20-15(10-18)14(19)9-11-3-4-12(16)13(17)8-11/h3-4,8,14-15,19H,2,5-7,9-10H2,1H3. The molecular weight excluding hydrogens is 281 g/mol. The number of hydrogen-bond donors (Lipinski definition) is 1. The molecule has 1 fully saturated rings. The van der Waals surface area contributed by atoms with Gasteiger partial charge in [0.1, 0.15) is 5.82 Å². The van der Waals surface area contributed by atoms with Gasteiger partial charge in [0.25, 0.3) is 0 Å². The van der Waals surface area contributed by atoms with E-state index in [-0.39, 0.29) is 11.1 Å². The van der Waals surface area contributed by atoms with E-state index in [1.807, 2.05) is 0 Å². The minimum Gasteiger partial charge on any atom is -0.390 e. The summed E-state index contributed by atoms with van der Waals surface area (Å²) in [4.78, 5) is 2.29. The van der Waals surface area contributed by atoms with E-state index >= 15 is 0 Å². The van der Waals surface area contributed by atoms with Crippen molar-refractivity contribution in [1.82, 2.24) is 4.90 Å². The van der Waals surface area contributed by atoms with Crippen LogP contribution in [0.25, 0.3) is 0 Å². The van der Waals surface area contributed by atoms with Gasteiger partial charge in [0, 0.05) is 19.5 Å². The maximum Gasteiger partial charge on any atom is 0.142 e. The van der Waals surface area contributed by atoms with Crippen molar-refractivity contribution in [3.63, 3.8) is 0 Å². The van der Waals surface area contributed by atoms with E-state index in [4.69, 9.17) is 16.3 Å². The van der Waals surface area contributed by atoms with Gasteiger partial charge < -0.3 is 9.84 Å². The molecule has 0 radical (unpaired) electrons. The number of morpholine rings is 1. The van der Waals surface area contributed by atoms with Crippen molar-refractivity contribution in [2.75, 3.05) is 26.2 Å². The Bertz CT molecular complexity index is 442. The number of aliphatic hydroxyl groups excluding tert-OH is 1. The molecule has 0 bridgehead atoms. The van der Waals surface area contributed by atoms with Crippen molar-refractivity contribution in [2.24, 2.45) is 0 Å².